The molecular formula is C21H19N5O3. The van der Waals surface area contributed by atoms with Crippen LogP contribution in [0.4, 0.5) is 0 Å². The SMILES string of the molecule is COc1cccc(OC/C(N=Cc2cccnc2)=N\NC(=O)c2ccncc2)c1. The van der Waals surface area contributed by atoms with Gasteiger partial charge in [0, 0.05) is 48.2 Å². The predicted molar refractivity (Wildman–Crippen MR) is 109 cm³/mol. The lowest BCUT2D eigenvalue weighted by molar-refractivity contribution is 0.0954. The highest BCUT2D eigenvalue weighted by atomic mass is 16.5. The van der Waals surface area contributed by atoms with Crippen LogP contribution in [0.3, 0.4) is 0 Å². The van der Waals surface area contributed by atoms with Crippen molar-refractivity contribution < 1.29 is 14.3 Å². The first-order valence-corrected chi connectivity index (χ1v) is 8.72. The van der Waals surface area contributed by atoms with Crippen molar-refractivity contribution >= 4 is 18.0 Å². The summed E-state index contributed by atoms with van der Waals surface area (Å²) in [4.78, 5) is 24.5. The van der Waals surface area contributed by atoms with Gasteiger partial charge in [-0.3, -0.25) is 14.8 Å². The van der Waals surface area contributed by atoms with E-state index in [4.69, 9.17) is 9.47 Å². The molecule has 0 spiro atoms. The minimum absolute atomic E-state index is 0.0422. The molecule has 0 bridgehead atoms. The van der Waals surface area contributed by atoms with Crippen molar-refractivity contribution in [2.75, 3.05) is 13.7 Å². The molecule has 8 heteroatoms. The Morgan fingerprint density at radius 2 is 1.90 bits per heavy atom. The van der Waals surface area contributed by atoms with Crippen LogP contribution in [-0.4, -0.2) is 41.6 Å². The summed E-state index contributed by atoms with van der Waals surface area (Å²) in [5.74, 6) is 1.17. The lowest BCUT2D eigenvalue weighted by atomic mass is 10.3. The predicted octanol–water partition coefficient (Wildman–Crippen LogP) is 2.73. The third-order valence-corrected chi connectivity index (χ3v) is 3.69. The summed E-state index contributed by atoms with van der Waals surface area (Å²) in [6.45, 7) is 0.0422. The van der Waals surface area contributed by atoms with Gasteiger partial charge in [-0.05, 0) is 30.3 Å². The number of amides is 1. The summed E-state index contributed by atoms with van der Waals surface area (Å²) in [7, 11) is 1.58. The van der Waals surface area contributed by atoms with Crippen LogP contribution in [0.2, 0.25) is 0 Å². The topological polar surface area (TPSA) is 98.1 Å². The summed E-state index contributed by atoms with van der Waals surface area (Å²) in [5, 5.41) is 4.09. The Labute approximate surface area is 168 Å². The second-order valence-corrected chi connectivity index (χ2v) is 5.72. The zero-order valence-electron chi connectivity index (χ0n) is 15.7. The van der Waals surface area contributed by atoms with E-state index in [9.17, 15) is 4.79 Å². The molecule has 0 radical (unpaired) electrons. The van der Waals surface area contributed by atoms with Gasteiger partial charge in [-0.15, -0.1) is 0 Å². The molecule has 8 nitrogen and oxygen atoms in total. The number of aromatic nitrogens is 2. The maximum absolute atomic E-state index is 12.2. The molecule has 0 aliphatic rings. The number of amidine groups is 1. The molecule has 3 rings (SSSR count). The zero-order valence-corrected chi connectivity index (χ0v) is 15.7. The van der Waals surface area contributed by atoms with Gasteiger partial charge in [0.25, 0.3) is 5.91 Å². The molecule has 3 aromatic rings. The van der Waals surface area contributed by atoms with Crippen LogP contribution in [0.25, 0.3) is 0 Å². The Hall–Kier alpha value is -4.07. The number of aliphatic imine (C=N–C) groups is 1. The molecule has 0 unspecified atom stereocenters. The maximum Gasteiger partial charge on any atom is 0.271 e. The summed E-state index contributed by atoms with van der Waals surface area (Å²) in [6.07, 6.45) is 8.00. The molecule has 0 saturated carbocycles. The molecule has 1 aromatic carbocycles. The van der Waals surface area contributed by atoms with Gasteiger partial charge in [0.1, 0.15) is 18.1 Å². The molecule has 1 amide bonds. The fourth-order valence-corrected chi connectivity index (χ4v) is 2.22. The first kappa shape index (κ1) is 19.7. The van der Waals surface area contributed by atoms with E-state index in [2.05, 4.69) is 25.5 Å². The quantitative estimate of drug-likeness (QED) is 0.381. The van der Waals surface area contributed by atoms with Crippen LogP contribution in [-0.2, 0) is 0 Å². The smallest absolute Gasteiger partial charge is 0.271 e. The van der Waals surface area contributed by atoms with E-state index in [0.717, 1.165) is 5.56 Å². The number of hydrogen-bond acceptors (Lipinski definition) is 6. The monoisotopic (exact) mass is 389 g/mol. The van der Waals surface area contributed by atoms with Gasteiger partial charge in [0.15, 0.2) is 5.84 Å². The Bertz CT molecular complexity index is 991. The molecule has 0 saturated heterocycles. The van der Waals surface area contributed by atoms with Crippen molar-refractivity contribution in [1.29, 1.82) is 0 Å². The van der Waals surface area contributed by atoms with Crippen molar-refractivity contribution in [1.82, 2.24) is 15.4 Å². The molecular weight excluding hydrogens is 370 g/mol. The molecule has 0 aliphatic heterocycles. The van der Waals surface area contributed by atoms with E-state index in [-0.39, 0.29) is 18.3 Å². The number of nitrogens with one attached hydrogen (secondary N) is 1. The molecule has 146 valence electrons. The highest BCUT2D eigenvalue weighted by Gasteiger charge is 2.06. The number of hydrazone groups is 1. The van der Waals surface area contributed by atoms with Gasteiger partial charge in [0.05, 0.1) is 7.11 Å². The summed E-state index contributed by atoms with van der Waals surface area (Å²) in [5.41, 5.74) is 3.71. The van der Waals surface area contributed by atoms with E-state index in [1.54, 1.807) is 56.0 Å². The second kappa shape index (κ2) is 10.3. The Kier molecular flexibility index (Phi) is 7.00. The normalized spacial score (nSPS) is 11.3. The minimum Gasteiger partial charge on any atom is -0.497 e. The van der Waals surface area contributed by atoms with E-state index < -0.39 is 0 Å². The third kappa shape index (κ3) is 6.24. The third-order valence-electron chi connectivity index (χ3n) is 3.69. The number of hydrogen-bond donors (Lipinski definition) is 1. The van der Waals surface area contributed by atoms with E-state index >= 15 is 0 Å². The lowest BCUT2D eigenvalue weighted by Crippen LogP contribution is -2.21. The number of rotatable bonds is 7. The Balaban J connectivity index is 1.73. The minimum atomic E-state index is -0.372. The highest BCUT2D eigenvalue weighted by Crippen LogP contribution is 2.18. The van der Waals surface area contributed by atoms with Crippen LogP contribution in [0, 0.1) is 0 Å². The van der Waals surface area contributed by atoms with Crippen LogP contribution in [0.15, 0.2) is 83.4 Å². The Morgan fingerprint density at radius 1 is 1.07 bits per heavy atom. The van der Waals surface area contributed by atoms with E-state index in [0.29, 0.717) is 17.1 Å². The average molecular weight is 389 g/mol. The van der Waals surface area contributed by atoms with Crippen molar-refractivity contribution in [2.45, 2.75) is 0 Å². The second-order valence-electron chi connectivity index (χ2n) is 5.72. The summed E-state index contributed by atoms with van der Waals surface area (Å²) < 4.78 is 10.9. The van der Waals surface area contributed by atoms with Crippen molar-refractivity contribution in [2.24, 2.45) is 10.1 Å². The molecule has 0 atom stereocenters. The largest absolute Gasteiger partial charge is 0.497 e. The van der Waals surface area contributed by atoms with Crippen molar-refractivity contribution in [3.63, 3.8) is 0 Å². The van der Waals surface area contributed by atoms with Gasteiger partial charge in [-0.2, -0.15) is 5.10 Å². The number of carbonyl (C=O) groups is 1. The van der Waals surface area contributed by atoms with E-state index in [1.807, 2.05) is 18.2 Å². The van der Waals surface area contributed by atoms with Gasteiger partial charge in [-0.1, -0.05) is 12.1 Å². The maximum atomic E-state index is 12.2. The fourth-order valence-electron chi connectivity index (χ4n) is 2.22. The van der Waals surface area contributed by atoms with Gasteiger partial charge >= 0.3 is 0 Å². The average Bonchev–Trinajstić information content (AvgIpc) is 2.79. The number of carbonyl (C=O) groups excluding carboxylic acids is 1. The molecule has 0 aliphatic carbocycles. The number of nitrogens with zero attached hydrogens (tertiary/aromatic N) is 4. The summed E-state index contributed by atoms with van der Waals surface area (Å²) in [6, 6.07) is 14.0. The molecule has 29 heavy (non-hydrogen) atoms. The highest BCUT2D eigenvalue weighted by molar-refractivity contribution is 5.98. The number of pyridine rings is 2. The standard InChI is InChI=1S/C21H19N5O3/c1-28-18-5-2-6-19(12-18)29-15-20(24-14-16-4-3-9-23-13-16)25-26-21(27)17-7-10-22-11-8-17/h2-14H,15H2,1H3,(H,26,27)/b24-14?,25-20+. The molecule has 1 N–H and O–H groups in total. The first-order valence-electron chi connectivity index (χ1n) is 8.72. The van der Waals surface area contributed by atoms with Crippen molar-refractivity contribution in [3.05, 3.63) is 84.4 Å². The number of methoxy groups -OCH3 is 1. The van der Waals surface area contributed by atoms with Crippen LogP contribution in [0.1, 0.15) is 15.9 Å². The summed E-state index contributed by atoms with van der Waals surface area (Å²) >= 11 is 0. The van der Waals surface area contributed by atoms with Gasteiger partial charge in [-0.25, -0.2) is 10.4 Å². The lowest BCUT2D eigenvalue weighted by Gasteiger charge is -2.08. The van der Waals surface area contributed by atoms with E-state index in [1.165, 1.54) is 12.4 Å². The molecule has 2 heterocycles. The van der Waals surface area contributed by atoms with Gasteiger partial charge in [0.2, 0.25) is 0 Å². The Morgan fingerprint density at radius 3 is 2.66 bits per heavy atom. The van der Waals surface area contributed by atoms with Crippen LogP contribution >= 0.6 is 0 Å². The first-order chi connectivity index (χ1) is 14.2. The van der Waals surface area contributed by atoms with Crippen molar-refractivity contribution in [3.8, 4) is 11.5 Å². The molecule has 0 fully saturated rings. The number of ether oxygens (including phenoxy) is 2. The van der Waals surface area contributed by atoms with Crippen LogP contribution < -0.4 is 14.9 Å². The zero-order chi connectivity index (χ0) is 20.3. The fraction of sp³-hybridized carbons (Fsp3) is 0.0952. The van der Waals surface area contributed by atoms with Gasteiger partial charge < -0.3 is 9.47 Å². The molecule has 2 aromatic heterocycles. The number of benzene rings is 1. The van der Waals surface area contributed by atoms with Crippen LogP contribution in [0.5, 0.6) is 11.5 Å².